The van der Waals surface area contributed by atoms with E-state index >= 15 is 0 Å². The van der Waals surface area contributed by atoms with E-state index in [1.54, 1.807) is 12.1 Å². The van der Waals surface area contributed by atoms with Crippen LogP contribution in [0.15, 0.2) is 53.7 Å². The third kappa shape index (κ3) is 2.34. The Morgan fingerprint density at radius 3 is 2.31 bits per heavy atom. The fourth-order valence-electron chi connectivity index (χ4n) is 3.12. The van der Waals surface area contributed by atoms with E-state index < -0.39 is 28.8 Å². The van der Waals surface area contributed by atoms with Crippen LogP contribution in [0.3, 0.4) is 0 Å². The Morgan fingerprint density at radius 2 is 1.69 bits per heavy atom. The molecule has 1 fully saturated rings. The highest BCUT2D eigenvalue weighted by Gasteiger charge is 2.56. The Morgan fingerprint density at radius 1 is 1.04 bits per heavy atom. The van der Waals surface area contributed by atoms with Crippen LogP contribution in [0, 0.1) is 23.0 Å². The molecule has 8 heteroatoms. The minimum atomic E-state index is -1.01. The fraction of sp³-hybridized carbons (Fsp3) is 0.167. The van der Waals surface area contributed by atoms with Crippen LogP contribution in [0.1, 0.15) is 11.1 Å². The first kappa shape index (κ1) is 15.9. The third-order valence-corrected chi connectivity index (χ3v) is 4.48. The maximum absolute atomic E-state index is 12.9. The highest BCUT2D eigenvalue weighted by molar-refractivity contribution is 6.32. The summed E-state index contributed by atoms with van der Waals surface area (Å²) in [6, 6.07) is 12.7. The van der Waals surface area contributed by atoms with E-state index in [0.29, 0.717) is 17.0 Å². The largest absolute Gasteiger partial charge is 0.381 e. The molecule has 0 N–H and O–H groups in total. The van der Waals surface area contributed by atoms with Crippen molar-refractivity contribution in [2.75, 3.05) is 4.90 Å². The van der Waals surface area contributed by atoms with Crippen molar-refractivity contribution >= 4 is 28.9 Å². The van der Waals surface area contributed by atoms with E-state index in [1.807, 2.05) is 19.1 Å². The lowest BCUT2D eigenvalue weighted by Gasteiger charge is -2.15. The second-order valence-corrected chi connectivity index (χ2v) is 6.13. The van der Waals surface area contributed by atoms with Gasteiger partial charge in [0.05, 0.1) is 10.6 Å². The van der Waals surface area contributed by atoms with Gasteiger partial charge < -0.3 is 4.84 Å². The van der Waals surface area contributed by atoms with E-state index in [1.165, 1.54) is 24.3 Å². The summed E-state index contributed by atoms with van der Waals surface area (Å²) in [5, 5.41) is 14.7. The van der Waals surface area contributed by atoms with Gasteiger partial charge in [0.25, 0.3) is 11.6 Å². The van der Waals surface area contributed by atoms with Crippen LogP contribution in [0.25, 0.3) is 0 Å². The van der Waals surface area contributed by atoms with Crippen LogP contribution in [0.4, 0.5) is 11.4 Å². The Kier molecular flexibility index (Phi) is 3.54. The van der Waals surface area contributed by atoms with Gasteiger partial charge in [-0.3, -0.25) is 19.7 Å². The van der Waals surface area contributed by atoms with Crippen LogP contribution < -0.4 is 4.90 Å². The number of imide groups is 1. The number of rotatable bonds is 3. The second kappa shape index (κ2) is 5.76. The quantitative estimate of drug-likeness (QED) is 0.479. The van der Waals surface area contributed by atoms with Gasteiger partial charge in [-0.05, 0) is 31.2 Å². The van der Waals surface area contributed by atoms with Crippen molar-refractivity contribution in [1.82, 2.24) is 0 Å². The molecule has 0 spiro atoms. The van der Waals surface area contributed by atoms with Crippen molar-refractivity contribution in [2.45, 2.75) is 13.0 Å². The number of aryl methyl sites for hydroxylation is 1. The average molecular weight is 351 g/mol. The molecule has 2 aromatic carbocycles. The lowest BCUT2D eigenvalue weighted by Crippen LogP contribution is -2.33. The molecule has 0 aromatic heterocycles. The van der Waals surface area contributed by atoms with Crippen molar-refractivity contribution in [3.63, 3.8) is 0 Å². The molecule has 2 amide bonds. The summed E-state index contributed by atoms with van der Waals surface area (Å²) in [6.45, 7) is 1.91. The monoisotopic (exact) mass is 351 g/mol. The number of nitrogens with zero attached hydrogens (tertiary/aromatic N) is 3. The van der Waals surface area contributed by atoms with Crippen LogP contribution in [0.2, 0.25) is 0 Å². The van der Waals surface area contributed by atoms with Crippen LogP contribution in [-0.4, -0.2) is 28.6 Å². The van der Waals surface area contributed by atoms with E-state index in [9.17, 15) is 19.7 Å². The zero-order valence-electron chi connectivity index (χ0n) is 13.7. The number of fused-ring (bicyclic) bond motifs is 1. The first-order valence-electron chi connectivity index (χ1n) is 7.90. The van der Waals surface area contributed by atoms with Gasteiger partial charge in [0.2, 0.25) is 12.0 Å². The van der Waals surface area contributed by atoms with E-state index in [2.05, 4.69) is 5.16 Å². The molecule has 2 aliphatic heterocycles. The summed E-state index contributed by atoms with van der Waals surface area (Å²) in [4.78, 5) is 42.1. The van der Waals surface area contributed by atoms with Gasteiger partial charge in [-0.2, -0.15) is 0 Å². The maximum atomic E-state index is 12.9. The Balaban J connectivity index is 1.66. The molecule has 4 rings (SSSR count). The molecule has 0 aliphatic carbocycles. The van der Waals surface area contributed by atoms with Crippen molar-refractivity contribution in [3.05, 3.63) is 69.8 Å². The lowest BCUT2D eigenvalue weighted by atomic mass is 9.94. The van der Waals surface area contributed by atoms with Crippen molar-refractivity contribution in [1.29, 1.82) is 0 Å². The summed E-state index contributed by atoms with van der Waals surface area (Å²) in [5.74, 6) is -1.74. The normalized spacial score (nSPS) is 21.4. The number of oxime groups is 1. The van der Waals surface area contributed by atoms with Crippen LogP contribution >= 0.6 is 0 Å². The number of anilines is 1. The van der Waals surface area contributed by atoms with Gasteiger partial charge in [-0.25, -0.2) is 4.90 Å². The van der Waals surface area contributed by atoms with E-state index in [-0.39, 0.29) is 5.69 Å². The molecule has 2 aromatic rings. The number of carbonyl (C=O) groups excluding carboxylic acids is 2. The number of nitro benzene ring substituents is 1. The molecule has 8 nitrogen and oxygen atoms in total. The van der Waals surface area contributed by atoms with Crippen molar-refractivity contribution < 1.29 is 19.3 Å². The molecule has 1 saturated heterocycles. The highest BCUT2D eigenvalue weighted by atomic mass is 16.7. The van der Waals surface area contributed by atoms with Gasteiger partial charge in [0.15, 0.2) is 0 Å². The molecule has 0 bridgehead atoms. The van der Waals surface area contributed by atoms with E-state index in [4.69, 9.17) is 4.84 Å². The molecule has 0 radical (unpaired) electrons. The summed E-state index contributed by atoms with van der Waals surface area (Å²) >= 11 is 0. The number of nitro groups is 1. The Hall–Kier alpha value is -3.55. The van der Waals surface area contributed by atoms with E-state index in [0.717, 1.165) is 10.5 Å². The van der Waals surface area contributed by atoms with Gasteiger partial charge in [0.1, 0.15) is 11.6 Å². The molecule has 26 heavy (non-hydrogen) atoms. The van der Waals surface area contributed by atoms with Gasteiger partial charge >= 0.3 is 0 Å². The third-order valence-electron chi connectivity index (χ3n) is 4.48. The summed E-state index contributed by atoms with van der Waals surface area (Å²) in [5.41, 5.74) is 2.23. The molecule has 130 valence electrons. The van der Waals surface area contributed by atoms with Gasteiger partial charge in [-0.1, -0.05) is 22.9 Å². The number of benzene rings is 2. The smallest absolute Gasteiger partial charge is 0.278 e. The standard InChI is InChI=1S/C18H13N3O5/c1-10-2-6-12(7-3-10)20-17(22)14-15(19-26-16(14)18(20)23)11-4-8-13(9-5-11)21(24)25/h2-9,14,16H,1H3/t14-,16-/m1/s1. The Bertz CT molecular complexity index is 950. The molecule has 2 aliphatic rings. The molecule has 2 atom stereocenters. The van der Waals surface area contributed by atoms with Crippen LogP contribution in [-0.2, 0) is 14.4 Å². The minimum absolute atomic E-state index is 0.0695. The average Bonchev–Trinajstić information content (AvgIpc) is 3.17. The topological polar surface area (TPSA) is 102 Å². The first-order chi connectivity index (χ1) is 12.5. The van der Waals surface area contributed by atoms with Gasteiger partial charge in [-0.15, -0.1) is 0 Å². The zero-order valence-corrected chi connectivity index (χ0v) is 13.7. The molecular formula is C18H13N3O5. The maximum Gasteiger partial charge on any atom is 0.278 e. The second-order valence-electron chi connectivity index (χ2n) is 6.13. The predicted octanol–water partition coefficient (Wildman–Crippen LogP) is 2.20. The van der Waals surface area contributed by atoms with Crippen molar-refractivity contribution in [3.8, 4) is 0 Å². The van der Waals surface area contributed by atoms with Crippen molar-refractivity contribution in [2.24, 2.45) is 11.1 Å². The predicted molar refractivity (Wildman–Crippen MR) is 91.7 cm³/mol. The van der Waals surface area contributed by atoms with Gasteiger partial charge in [0, 0.05) is 17.7 Å². The summed E-state index contributed by atoms with van der Waals surface area (Å²) < 4.78 is 0. The number of non-ortho nitro benzene ring substituents is 1. The number of carbonyl (C=O) groups is 2. The summed E-state index contributed by atoms with van der Waals surface area (Å²) in [6.07, 6.45) is -1.01. The first-order valence-corrected chi connectivity index (χ1v) is 7.90. The SMILES string of the molecule is Cc1ccc(N2C(=O)[C@@H]3C(c4ccc([N+](=O)[O-])cc4)=NO[C@H]3C2=O)cc1. The fourth-order valence-corrected chi connectivity index (χ4v) is 3.12. The number of hydrogen-bond donors (Lipinski definition) is 0. The number of amides is 2. The molecule has 2 heterocycles. The molecule has 0 unspecified atom stereocenters. The molecule has 0 saturated carbocycles. The number of hydrogen-bond acceptors (Lipinski definition) is 6. The molecular weight excluding hydrogens is 338 g/mol. The summed E-state index contributed by atoms with van der Waals surface area (Å²) in [7, 11) is 0. The zero-order chi connectivity index (χ0) is 18.4. The minimum Gasteiger partial charge on any atom is -0.381 e. The Labute approximate surface area is 147 Å². The highest BCUT2D eigenvalue weighted by Crippen LogP contribution is 2.35. The lowest BCUT2D eigenvalue weighted by molar-refractivity contribution is -0.384. The van der Waals surface area contributed by atoms with Crippen LogP contribution in [0.5, 0.6) is 0 Å².